The number of hydrogen-bond acceptors (Lipinski definition) is 4. The van der Waals surface area contributed by atoms with Crippen molar-refractivity contribution in [1.29, 1.82) is 0 Å². The third kappa shape index (κ3) is 1.74. The minimum absolute atomic E-state index is 0.0978. The number of carbonyl (C=O) groups is 1. The van der Waals surface area contributed by atoms with Crippen LogP contribution in [-0.2, 0) is 13.1 Å². The summed E-state index contributed by atoms with van der Waals surface area (Å²) in [5.74, 6) is -0.804. The smallest absolute Gasteiger partial charge is 0.257 e. The Balaban J connectivity index is 1.84. The van der Waals surface area contributed by atoms with Crippen LogP contribution in [0.4, 0.5) is 9.52 Å². The zero-order chi connectivity index (χ0) is 12.7. The standard InChI is InChI=1S/C12H10FN3OS/c13-8-4-2-1-3-7(8)11(17)16-5-9-10(6-16)18-12(14)15-9/h1-4H,5-6H2,(H2,14,15). The average molecular weight is 263 g/mol. The molecule has 0 fully saturated rings. The Bertz CT molecular complexity index is 602. The van der Waals surface area contributed by atoms with Crippen molar-refractivity contribution in [2.45, 2.75) is 13.1 Å². The van der Waals surface area contributed by atoms with Gasteiger partial charge < -0.3 is 10.6 Å². The van der Waals surface area contributed by atoms with Crippen LogP contribution < -0.4 is 5.73 Å². The summed E-state index contributed by atoms with van der Waals surface area (Å²) >= 11 is 1.38. The van der Waals surface area contributed by atoms with Crippen LogP contribution >= 0.6 is 11.3 Å². The SMILES string of the molecule is Nc1nc2c(s1)CN(C(=O)c1ccccc1F)C2. The molecule has 2 aromatic rings. The van der Waals surface area contributed by atoms with Crippen LogP contribution in [0.5, 0.6) is 0 Å². The number of amides is 1. The lowest BCUT2D eigenvalue weighted by molar-refractivity contribution is 0.0746. The van der Waals surface area contributed by atoms with E-state index in [9.17, 15) is 9.18 Å². The fourth-order valence-corrected chi connectivity index (χ4v) is 2.87. The number of anilines is 1. The molecule has 1 aromatic carbocycles. The molecule has 3 rings (SSSR count). The molecule has 2 heterocycles. The van der Waals surface area contributed by atoms with Crippen molar-refractivity contribution < 1.29 is 9.18 Å². The first kappa shape index (κ1) is 11.2. The predicted octanol–water partition coefficient (Wildman–Crippen LogP) is 2.02. The molecular weight excluding hydrogens is 253 g/mol. The van der Waals surface area contributed by atoms with E-state index in [4.69, 9.17) is 5.73 Å². The number of nitrogens with two attached hydrogens (primary N) is 1. The quantitative estimate of drug-likeness (QED) is 0.856. The second-order valence-electron chi connectivity index (χ2n) is 4.06. The molecule has 0 saturated carbocycles. The van der Waals surface area contributed by atoms with E-state index in [1.807, 2.05) is 0 Å². The number of nitrogen functional groups attached to an aromatic ring is 1. The minimum atomic E-state index is -0.495. The number of aromatic nitrogens is 1. The first-order valence-corrected chi connectivity index (χ1v) is 6.24. The minimum Gasteiger partial charge on any atom is -0.375 e. The molecule has 0 radical (unpaired) electrons. The summed E-state index contributed by atoms with van der Waals surface area (Å²) in [4.78, 5) is 18.9. The molecule has 18 heavy (non-hydrogen) atoms. The topological polar surface area (TPSA) is 59.2 Å². The van der Waals surface area contributed by atoms with Crippen LogP contribution in [-0.4, -0.2) is 15.8 Å². The van der Waals surface area contributed by atoms with Gasteiger partial charge in [0.15, 0.2) is 5.13 Å². The van der Waals surface area contributed by atoms with Crippen molar-refractivity contribution >= 4 is 22.4 Å². The molecule has 0 aliphatic carbocycles. The van der Waals surface area contributed by atoms with Gasteiger partial charge in [-0.15, -0.1) is 11.3 Å². The van der Waals surface area contributed by atoms with Gasteiger partial charge in [-0.1, -0.05) is 12.1 Å². The summed E-state index contributed by atoms with van der Waals surface area (Å²) in [5.41, 5.74) is 6.51. The highest BCUT2D eigenvalue weighted by Gasteiger charge is 2.28. The number of fused-ring (bicyclic) bond motifs is 1. The maximum Gasteiger partial charge on any atom is 0.257 e. The molecule has 0 unspecified atom stereocenters. The molecule has 0 bridgehead atoms. The van der Waals surface area contributed by atoms with Gasteiger partial charge in [0.25, 0.3) is 5.91 Å². The van der Waals surface area contributed by atoms with E-state index in [2.05, 4.69) is 4.98 Å². The summed E-state index contributed by atoms with van der Waals surface area (Å²) in [6, 6.07) is 5.99. The predicted molar refractivity (Wildman–Crippen MR) is 66.5 cm³/mol. The Morgan fingerprint density at radius 2 is 2.17 bits per heavy atom. The van der Waals surface area contributed by atoms with Crippen LogP contribution in [0.1, 0.15) is 20.9 Å². The van der Waals surface area contributed by atoms with Crippen LogP contribution in [0, 0.1) is 5.82 Å². The van der Waals surface area contributed by atoms with Crippen molar-refractivity contribution in [3.05, 3.63) is 46.2 Å². The van der Waals surface area contributed by atoms with Crippen LogP contribution in [0.25, 0.3) is 0 Å². The van der Waals surface area contributed by atoms with Gasteiger partial charge in [-0.3, -0.25) is 4.79 Å². The van der Waals surface area contributed by atoms with Crippen LogP contribution in [0.2, 0.25) is 0 Å². The van der Waals surface area contributed by atoms with Crippen molar-refractivity contribution in [3.63, 3.8) is 0 Å². The second-order valence-corrected chi connectivity index (χ2v) is 5.18. The Morgan fingerprint density at radius 1 is 1.39 bits per heavy atom. The molecule has 6 heteroatoms. The second kappa shape index (κ2) is 4.06. The van der Waals surface area contributed by atoms with Crippen molar-refractivity contribution in [3.8, 4) is 0 Å². The molecule has 1 amide bonds. The van der Waals surface area contributed by atoms with Crippen molar-refractivity contribution in [1.82, 2.24) is 9.88 Å². The lowest BCUT2D eigenvalue weighted by Gasteiger charge is -2.15. The highest BCUT2D eigenvalue weighted by Crippen LogP contribution is 2.30. The first-order chi connectivity index (χ1) is 8.65. The molecule has 92 valence electrons. The van der Waals surface area contributed by atoms with E-state index in [-0.39, 0.29) is 11.5 Å². The maximum atomic E-state index is 13.5. The maximum absolute atomic E-state index is 13.5. The highest BCUT2D eigenvalue weighted by molar-refractivity contribution is 7.15. The zero-order valence-corrected chi connectivity index (χ0v) is 10.2. The van der Waals surface area contributed by atoms with Gasteiger partial charge >= 0.3 is 0 Å². The normalized spacial score (nSPS) is 13.7. The Morgan fingerprint density at radius 3 is 2.89 bits per heavy atom. The van der Waals surface area contributed by atoms with Gasteiger partial charge in [0, 0.05) is 0 Å². The number of rotatable bonds is 1. The number of benzene rings is 1. The number of halogens is 1. The van der Waals surface area contributed by atoms with Gasteiger partial charge in [0.05, 0.1) is 29.2 Å². The molecule has 2 N–H and O–H groups in total. The summed E-state index contributed by atoms with van der Waals surface area (Å²) in [5, 5.41) is 0.512. The van der Waals surface area contributed by atoms with Crippen molar-refractivity contribution in [2.75, 3.05) is 5.73 Å². The Labute approximate surface area is 107 Å². The molecule has 0 atom stereocenters. The van der Waals surface area contributed by atoms with E-state index < -0.39 is 5.82 Å². The number of hydrogen-bond donors (Lipinski definition) is 1. The van der Waals surface area contributed by atoms with Gasteiger partial charge in [-0.05, 0) is 12.1 Å². The average Bonchev–Trinajstić information content (AvgIpc) is 2.85. The van der Waals surface area contributed by atoms with Crippen LogP contribution in [0.15, 0.2) is 24.3 Å². The number of thiazole rings is 1. The van der Waals surface area contributed by atoms with E-state index in [0.717, 1.165) is 10.6 Å². The molecular formula is C12H10FN3OS. The molecule has 0 saturated heterocycles. The van der Waals surface area contributed by atoms with E-state index >= 15 is 0 Å². The summed E-state index contributed by atoms with van der Waals surface area (Å²) in [6.45, 7) is 0.855. The number of carbonyl (C=O) groups excluding carboxylic acids is 1. The van der Waals surface area contributed by atoms with Gasteiger partial charge in [-0.25, -0.2) is 9.37 Å². The molecule has 1 aliphatic heterocycles. The first-order valence-electron chi connectivity index (χ1n) is 5.43. The molecule has 0 spiro atoms. The zero-order valence-electron chi connectivity index (χ0n) is 9.39. The molecule has 1 aromatic heterocycles. The monoisotopic (exact) mass is 263 g/mol. The van der Waals surface area contributed by atoms with Gasteiger partial charge in [0.2, 0.25) is 0 Å². The summed E-state index contributed by atoms with van der Waals surface area (Å²) in [6.07, 6.45) is 0. The Hall–Kier alpha value is -1.95. The van der Waals surface area contributed by atoms with Crippen LogP contribution in [0.3, 0.4) is 0 Å². The third-order valence-electron chi connectivity index (χ3n) is 2.86. The van der Waals surface area contributed by atoms with Gasteiger partial charge in [0.1, 0.15) is 5.82 Å². The van der Waals surface area contributed by atoms with E-state index in [1.165, 1.54) is 23.5 Å². The van der Waals surface area contributed by atoms with Gasteiger partial charge in [-0.2, -0.15) is 0 Å². The summed E-state index contributed by atoms with van der Waals surface area (Å²) in [7, 11) is 0. The lowest BCUT2D eigenvalue weighted by atomic mass is 10.2. The Kier molecular flexibility index (Phi) is 2.52. The lowest BCUT2D eigenvalue weighted by Crippen LogP contribution is -2.26. The molecule has 1 aliphatic rings. The van der Waals surface area contributed by atoms with Crippen molar-refractivity contribution in [2.24, 2.45) is 0 Å². The molecule has 4 nitrogen and oxygen atoms in total. The highest BCUT2D eigenvalue weighted by atomic mass is 32.1. The third-order valence-corrected chi connectivity index (χ3v) is 3.77. The van der Waals surface area contributed by atoms with E-state index in [0.29, 0.717) is 18.2 Å². The van der Waals surface area contributed by atoms with E-state index in [1.54, 1.807) is 17.0 Å². The fourth-order valence-electron chi connectivity index (χ4n) is 2.01. The largest absolute Gasteiger partial charge is 0.375 e. The number of nitrogens with zero attached hydrogens (tertiary/aromatic N) is 2. The fraction of sp³-hybridized carbons (Fsp3) is 0.167. The summed E-state index contributed by atoms with van der Waals surface area (Å²) < 4.78 is 13.5.